The van der Waals surface area contributed by atoms with Gasteiger partial charge in [0.2, 0.25) is 11.8 Å². The molecule has 2 fully saturated rings. The monoisotopic (exact) mass is 323 g/mol. The third-order valence-electron chi connectivity index (χ3n) is 4.21. The number of carbonyl (C=O) groups is 2. The molecular weight excluding hydrogens is 302 g/mol. The smallest absolute Gasteiger partial charge is 0.227 e. The number of anilines is 2. The van der Waals surface area contributed by atoms with E-state index in [1.807, 2.05) is 24.3 Å². The molecule has 2 heterocycles. The van der Waals surface area contributed by atoms with Crippen molar-refractivity contribution < 1.29 is 9.59 Å². The third-order valence-corrected chi connectivity index (χ3v) is 4.21. The van der Waals surface area contributed by atoms with Gasteiger partial charge in [0, 0.05) is 30.3 Å². The highest BCUT2D eigenvalue weighted by Crippen LogP contribution is 2.25. The summed E-state index contributed by atoms with van der Waals surface area (Å²) in [7, 11) is 0. The molecule has 120 valence electrons. The Morgan fingerprint density at radius 1 is 1.27 bits per heavy atom. The van der Waals surface area contributed by atoms with Crippen molar-refractivity contribution in [3.63, 3.8) is 0 Å². The van der Waals surface area contributed by atoms with E-state index in [4.69, 9.17) is 0 Å². The van der Waals surface area contributed by atoms with Crippen LogP contribution in [0.25, 0.3) is 0 Å². The van der Waals surface area contributed by atoms with Gasteiger partial charge in [0.25, 0.3) is 0 Å². The van der Waals surface area contributed by atoms with E-state index in [1.165, 1.54) is 0 Å². The SMILES string of the molecule is Cl.O=C(Nc1cccc(N2CCCC2=O)c1)C1CCNCC1. The summed E-state index contributed by atoms with van der Waals surface area (Å²) < 4.78 is 0. The molecule has 0 radical (unpaired) electrons. The lowest BCUT2D eigenvalue weighted by atomic mass is 9.97. The summed E-state index contributed by atoms with van der Waals surface area (Å²) >= 11 is 0. The summed E-state index contributed by atoms with van der Waals surface area (Å²) in [6.07, 6.45) is 3.29. The van der Waals surface area contributed by atoms with Crippen LogP contribution in [0.3, 0.4) is 0 Å². The van der Waals surface area contributed by atoms with Gasteiger partial charge < -0.3 is 15.5 Å². The Labute approximate surface area is 136 Å². The number of nitrogens with zero attached hydrogens (tertiary/aromatic N) is 1. The quantitative estimate of drug-likeness (QED) is 0.896. The van der Waals surface area contributed by atoms with Crippen molar-refractivity contribution in [3.05, 3.63) is 24.3 Å². The van der Waals surface area contributed by atoms with Crippen molar-refractivity contribution in [2.45, 2.75) is 25.7 Å². The van der Waals surface area contributed by atoms with Crippen molar-refractivity contribution in [3.8, 4) is 0 Å². The van der Waals surface area contributed by atoms with E-state index in [0.717, 1.165) is 50.3 Å². The highest BCUT2D eigenvalue weighted by molar-refractivity contribution is 5.97. The van der Waals surface area contributed by atoms with Crippen molar-refractivity contribution in [1.82, 2.24) is 5.32 Å². The number of carbonyl (C=O) groups excluding carboxylic acids is 2. The summed E-state index contributed by atoms with van der Waals surface area (Å²) in [4.78, 5) is 25.8. The fraction of sp³-hybridized carbons (Fsp3) is 0.500. The van der Waals surface area contributed by atoms with E-state index in [1.54, 1.807) is 4.90 Å². The summed E-state index contributed by atoms with van der Waals surface area (Å²) in [5.74, 6) is 0.335. The molecule has 0 atom stereocenters. The fourth-order valence-electron chi connectivity index (χ4n) is 3.00. The Kier molecular flexibility index (Phi) is 5.80. The van der Waals surface area contributed by atoms with Gasteiger partial charge in [0.15, 0.2) is 0 Å². The maximum atomic E-state index is 12.2. The van der Waals surface area contributed by atoms with Crippen LogP contribution >= 0.6 is 12.4 Å². The van der Waals surface area contributed by atoms with Crippen LogP contribution < -0.4 is 15.5 Å². The van der Waals surface area contributed by atoms with Crippen LogP contribution in [0, 0.1) is 5.92 Å². The van der Waals surface area contributed by atoms with Crippen molar-refractivity contribution in [2.24, 2.45) is 5.92 Å². The number of amides is 2. The molecule has 1 aromatic rings. The highest BCUT2D eigenvalue weighted by atomic mass is 35.5. The number of hydrogen-bond donors (Lipinski definition) is 2. The maximum absolute atomic E-state index is 12.2. The van der Waals surface area contributed by atoms with Crippen LogP contribution in [0.4, 0.5) is 11.4 Å². The lowest BCUT2D eigenvalue weighted by molar-refractivity contribution is -0.120. The minimum Gasteiger partial charge on any atom is -0.326 e. The Morgan fingerprint density at radius 2 is 2.05 bits per heavy atom. The molecule has 2 aliphatic rings. The summed E-state index contributed by atoms with van der Waals surface area (Å²) in [6, 6.07) is 7.58. The first-order chi connectivity index (χ1) is 10.2. The first kappa shape index (κ1) is 16.8. The molecule has 2 saturated heterocycles. The molecule has 0 aliphatic carbocycles. The van der Waals surface area contributed by atoms with Gasteiger partial charge in [-0.1, -0.05) is 6.07 Å². The number of piperidine rings is 1. The van der Waals surface area contributed by atoms with Crippen LogP contribution in [0.2, 0.25) is 0 Å². The summed E-state index contributed by atoms with van der Waals surface area (Å²) in [6.45, 7) is 2.57. The lowest BCUT2D eigenvalue weighted by Crippen LogP contribution is -2.34. The van der Waals surface area contributed by atoms with Crippen LogP contribution in [0.5, 0.6) is 0 Å². The molecule has 3 rings (SSSR count). The molecule has 6 heteroatoms. The predicted octanol–water partition coefficient (Wildman–Crippen LogP) is 2.17. The van der Waals surface area contributed by atoms with Crippen LogP contribution in [0.1, 0.15) is 25.7 Å². The number of nitrogens with one attached hydrogen (secondary N) is 2. The molecule has 2 N–H and O–H groups in total. The van der Waals surface area contributed by atoms with Gasteiger partial charge >= 0.3 is 0 Å². The molecule has 0 aromatic heterocycles. The van der Waals surface area contributed by atoms with Crippen molar-refractivity contribution >= 4 is 35.6 Å². The van der Waals surface area contributed by atoms with Gasteiger partial charge in [0.05, 0.1) is 0 Å². The molecule has 0 saturated carbocycles. The Balaban J connectivity index is 0.00000176. The molecule has 2 amide bonds. The maximum Gasteiger partial charge on any atom is 0.227 e. The molecule has 0 unspecified atom stereocenters. The van der Waals surface area contributed by atoms with Gasteiger partial charge in [-0.05, 0) is 50.6 Å². The topological polar surface area (TPSA) is 61.4 Å². The van der Waals surface area contributed by atoms with Crippen molar-refractivity contribution in [2.75, 3.05) is 29.9 Å². The van der Waals surface area contributed by atoms with E-state index in [2.05, 4.69) is 10.6 Å². The molecule has 0 bridgehead atoms. The zero-order chi connectivity index (χ0) is 14.7. The van der Waals surface area contributed by atoms with Crippen LogP contribution in [-0.4, -0.2) is 31.4 Å². The largest absolute Gasteiger partial charge is 0.326 e. The fourth-order valence-corrected chi connectivity index (χ4v) is 3.00. The molecule has 1 aromatic carbocycles. The Bertz CT molecular complexity index is 544. The molecule has 5 nitrogen and oxygen atoms in total. The number of benzene rings is 1. The zero-order valence-electron chi connectivity index (χ0n) is 12.5. The van der Waals surface area contributed by atoms with Gasteiger partial charge in [-0.25, -0.2) is 0 Å². The second-order valence-corrected chi connectivity index (χ2v) is 5.71. The van der Waals surface area contributed by atoms with Gasteiger partial charge in [0.1, 0.15) is 0 Å². The van der Waals surface area contributed by atoms with E-state index < -0.39 is 0 Å². The highest BCUT2D eigenvalue weighted by Gasteiger charge is 2.23. The standard InChI is InChI=1S/C16H21N3O2.ClH/c20-15-5-2-10-19(15)14-4-1-3-13(11-14)18-16(21)12-6-8-17-9-7-12;/h1,3-4,11-12,17H,2,5-10H2,(H,18,21);1H. The minimum atomic E-state index is 0. The molecular formula is C16H22ClN3O2. The summed E-state index contributed by atoms with van der Waals surface area (Å²) in [5, 5.41) is 6.25. The van der Waals surface area contributed by atoms with E-state index in [0.29, 0.717) is 6.42 Å². The number of rotatable bonds is 3. The average molecular weight is 324 g/mol. The Hall–Kier alpha value is -1.59. The van der Waals surface area contributed by atoms with Crippen molar-refractivity contribution in [1.29, 1.82) is 0 Å². The summed E-state index contributed by atoms with van der Waals surface area (Å²) in [5.41, 5.74) is 1.65. The Morgan fingerprint density at radius 3 is 2.73 bits per heavy atom. The van der Waals surface area contributed by atoms with E-state index in [9.17, 15) is 9.59 Å². The molecule has 0 spiro atoms. The third kappa shape index (κ3) is 3.78. The predicted molar refractivity (Wildman–Crippen MR) is 89.5 cm³/mol. The van der Waals surface area contributed by atoms with Crippen LogP contribution in [0.15, 0.2) is 24.3 Å². The van der Waals surface area contributed by atoms with E-state index in [-0.39, 0.29) is 30.1 Å². The number of hydrogen-bond acceptors (Lipinski definition) is 3. The zero-order valence-corrected chi connectivity index (χ0v) is 13.3. The second kappa shape index (κ2) is 7.61. The second-order valence-electron chi connectivity index (χ2n) is 5.71. The van der Waals surface area contributed by atoms with Crippen LogP contribution in [-0.2, 0) is 9.59 Å². The van der Waals surface area contributed by atoms with Gasteiger partial charge in [-0.15, -0.1) is 12.4 Å². The molecule has 22 heavy (non-hydrogen) atoms. The molecule has 2 aliphatic heterocycles. The van der Waals surface area contributed by atoms with Gasteiger partial charge in [-0.2, -0.15) is 0 Å². The lowest BCUT2D eigenvalue weighted by Gasteiger charge is -2.22. The first-order valence-electron chi connectivity index (χ1n) is 7.66. The normalized spacial score (nSPS) is 18.9. The minimum absolute atomic E-state index is 0. The average Bonchev–Trinajstić information content (AvgIpc) is 2.94. The first-order valence-corrected chi connectivity index (χ1v) is 7.66. The number of halogens is 1. The van der Waals surface area contributed by atoms with Gasteiger partial charge in [-0.3, -0.25) is 9.59 Å². The van der Waals surface area contributed by atoms with E-state index >= 15 is 0 Å².